The van der Waals surface area contributed by atoms with Crippen molar-refractivity contribution in [3.8, 4) is 5.75 Å². The lowest BCUT2D eigenvalue weighted by atomic mass is 10.1. The molecule has 22 heavy (non-hydrogen) atoms. The quantitative estimate of drug-likeness (QED) is 0.889. The summed E-state index contributed by atoms with van der Waals surface area (Å²) in [6.07, 6.45) is 0.559. The Morgan fingerprint density at radius 1 is 1.14 bits per heavy atom. The minimum atomic E-state index is -3.63. The van der Waals surface area contributed by atoms with Gasteiger partial charge < -0.3 is 4.74 Å². The Morgan fingerprint density at radius 3 is 2.41 bits per heavy atom. The predicted octanol–water partition coefficient (Wildman–Crippen LogP) is 2.66. The smallest absolute Gasteiger partial charge is 0.240 e. The van der Waals surface area contributed by atoms with Crippen LogP contribution in [0.5, 0.6) is 5.75 Å². The molecule has 2 aromatic rings. The van der Waals surface area contributed by atoms with Gasteiger partial charge in [-0.15, -0.1) is 0 Å². The van der Waals surface area contributed by atoms with Crippen molar-refractivity contribution in [3.63, 3.8) is 0 Å². The fourth-order valence-corrected chi connectivity index (χ4v) is 3.37. The summed E-state index contributed by atoms with van der Waals surface area (Å²) in [5.74, 6) is 0.306. The van der Waals surface area contributed by atoms with E-state index in [2.05, 4.69) is 4.72 Å². The van der Waals surface area contributed by atoms with Crippen molar-refractivity contribution in [2.24, 2.45) is 0 Å². The zero-order valence-electron chi connectivity index (χ0n) is 12.5. The lowest BCUT2D eigenvalue weighted by Gasteiger charge is -2.09. The summed E-state index contributed by atoms with van der Waals surface area (Å²) in [5.41, 5.74) is 1.39. The van der Waals surface area contributed by atoms with Crippen LogP contribution >= 0.6 is 0 Å². The molecule has 0 saturated carbocycles. The first-order chi connectivity index (χ1) is 10.4. The number of hydrogen-bond donors (Lipinski definition) is 1. The van der Waals surface area contributed by atoms with Gasteiger partial charge in [-0.3, -0.25) is 0 Å². The van der Waals surface area contributed by atoms with Crippen LogP contribution < -0.4 is 9.46 Å². The number of rotatable bonds is 6. The van der Waals surface area contributed by atoms with Gasteiger partial charge in [-0.2, -0.15) is 0 Å². The second kappa shape index (κ2) is 6.89. The van der Waals surface area contributed by atoms with Gasteiger partial charge in [0, 0.05) is 6.54 Å². The maximum absolute atomic E-state index is 13.0. The molecule has 0 aliphatic heterocycles. The maximum atomic E-state index is 13.0. The Bertz CT molecular complexity index is 742. The van der Waals surface area contributed by atoms with Gasteiger partial charge in [0.1, 0.15) is 11.6 Å². The van der Waals surface area contributed by atoms with Crippen LogP contribution in [0.2, 0.25) is 0 Å². The molecule has 2 aromatic carbocycles. The molecule has 0 aliphatic carbocycles. The summed E-state index contributed by atoms with van der Waals surface area (Å²) in [4.78, 5) is 0.101. The molecule has 0 radical (unpaired) electrons. The number of nitrogens with one attached hydrogen (secondary N) is 1. The molecule has 0 heterocycles. The van der Waals surface area contributed by atoms with Crippen molar-refractivity contribution < 1.29 is 17.5 Å². The van der Waals surface area contributed by atoms with Crippen LogP contribution in [0.3, 0.4) is 0 Å². The number of ether oxygens (including phenoxy) is 1. The molecule has 0 aromatic heterocycles. The second-order valence-electron chi connectivity index (χ2n) is 4.91. The van der Waals surface area contributed by atoms with E-state index in [-0.39, 0.29) is 11.4 Å². The van der Waals surface area contributed by atoms with Gasteiger partial charge in [0.15, 0.2) is 0 Å². The third kappa shape index (κ3) is 4.05. The first kappa shape index (κ1) is 16.5. The fraction of sp³-hybridized carbons (Fsp3) is 0.250. The molecule has 0 bridgehead atoms. The van der Waals surface area contributed by atoms with Crippen molar-refractivity contribution in [1.29, 1.82) is 0 Å². The standard InChI is InChI=1S/C16H18FNO3S/c1-12-11-14(17)5-8-16(12)22(19,20)18-10-9-13-3-6-15(21-2)7-4-13/h3-8,11,18H,9-10H2,1-2H3. The summed E-state index contributed by atoms with van der Waals surface area (Å²) in [5, 5.41) is 0. The first-order valence-electron chi connectivity index (χ1n) is 6.81. The van der Waals surface area contributed by atoms with E-state index in [4.69, 9.17) is 4.74 Å². The third-order valence-corrected chi connectivity index (χ3v) is 4.91. The highest BCUT2D eigenvalue weighted by Crippen LogP contribution is 2.16. The molecule has 0 saturated heterocycles. The van der Waals surface area contributed by atoms with E-state index in [0.29, 0.717) is 12.0 Å². The molecule has 0 atom stereocenters. The van der Waals surface area contributed by atoms with Crippen LogP contribution in [0.4, 0.5) is 4.39 Å². The Hall–Kier alpha value is -1.92. The molecule has 0 unspecified atom stereocenters. The summed E-state index contributed by atoms with van der Waals surface area (Å²) in [6.45, 7) is 1.84. The minimum Gasteiger partial charge on any atom is -0.497 e. The van der Waals surface area contributed by atoms with E-state index >= 15 is 0 Å². The van der Waals surface area contributed by atoms with Gasteiger partial charge in [-0.05, 0) is 54.8 Å². The predicted molar refractivity (Wildman–Crippen MR) is 83.0 cm³/mol. The minimum absolute atomic E-state index is 0.101. The summed E-state index contributed by atoms with van der Waals surface area (Å²) in [7, 11) is -2.04. The zero-order valence-corrected chi connectivity index (χ0v) is 13.3. The molecule has 2 rings (SSSR count). The Balaban J connectivity index is 2.00. The molecule has 4 nitrogen and oxygen atoms in total. The number of hydrogen-bond acceptors (Lipinski definition) is 3. The van der Waals surface area contributed by atoms with Crippen molar-refractivity contribution in [2.45, 2.75) is 18.2 Å². The number of sulfonamides is 1. The summed E-state index contributed by atoms with van der Waals surface area (Å²) in [6, 6.07) is 11.1. The van der Waals surface area contributed by atoms with Crippen LogP contribution in [0.25, 0.3) is 0 Å². The number of aryl methyl sites for hydroxylation is 1. The molecule has 6 heteroatoms. The van der Waals surface area contributed by atoms with E-state index in [1.807, 2.05) is 24.3 Å². The summed E-state index contributed by atoms with van der Waals surface area (Å²) < 4.78 is 45.0. The topological polar surface area (TPSA) is 55.4 Å². The second-order valence-corrected chi connectivity index (χ2v) is 6.64. The molecule has 1 N–H and O–H groups in total. The third-order valence-electron chi connectivity index (χ3n) is 3.29. The van der Waals surface area contributed by atoms with Crippen molar-refractivity contribution in [3.05, 3.63) is 59.4 Å². The van der Waals surface area contributed by atoms with E-state index in [1.165, 1.54) is 12.1 Å². The summed E-state index contributed by atoms with van der Waals surface area (Å²) >= 11 is 0. The van der Waals surface area contributed by atoms with Crippen molar-refractivity contribution >= 4 is 10.0 Å². The molecule has 118 valence electrons. The zero-order chi connectivity index (χ0) is 16.2. The highest BCUT2D eigenvalue weighted by atomic mass is 32.2. The molecule has 0 amide bonds. The van der Waals surface area contributed by atoms with Crippen LogP contribution in [0, 0.1) is 12.7 Å². The SMILES string of the molecule is COc1ccc(CCNS(=O)(=O)c2ccc(F)cc2C)cc1. The number of methoxy groups -OCH3 is 1. The molecule has 0 fully saturated rings. The van der Waals surface area contributed by atoms with Crippen molar-refractivity contribution in [1.82, 2.24) is 4.72 Å². The molecule has 0 aliphatic rings. The highest BCUT2D eigenvalue weighted by Gasteiger charge is 2.16. The monoisotopic (exact) mass is 323 g/mol. The van der Waals surface area contributed by atoms with E-state index in [9.17, 15) is 12.8 Å². The molecular formula is C16H18FNO3S. The van der Waals surface area contributed by atoms with Crippen LogP contribution in [-0.4, -0.2) is 22.1 Å². The Labute approximate surface area is 130 Å². The van der Waals surface area contributed by atoms with Crippen LogP contribution in [0.1, 0.15) is 11.1 Å². The Morgan fingerprint density at radius 2 is 1.82 bits per heavy atom. The maximum Gasteiger partial charge on any atom is 0.240 e. The van der Waals surface area contributed by atoms with Gasteiger partial charge in [-0.1, -0.05) is 12.1 Å². The van der Waals surface area contributed by atoms with E-state index in [0.717, 1.165) is 17.4 Å². The van der Waals surface area contributed by atoms with Crippen molar-refractivity contribution in [2.75, 3.05) is 13.7 Å². The van der Waals surface area contributed by atoms with Gasteiger partial charge in [-0.25, -0.2) is 17.5 Å². The van der Waals surface area contributed by atoms with E-state index < -0.39 is 15.8 Å². The lowest BCUT2D eigenvalue weighted by Crippen LogP contribution is -2.26. The van der Waals surface area contributed by atoms with Gasteiger partial charge in [0.2, 0.25) is 10.0 Å². The van der Waals surface area contributed by atoms with Gasteiger partial charge in [0.05, 0.1) is 12.0 Å². The van der Waals surface area contributed by atoms with Gasteiger partial charge >= 0.3 is 0 Å². The first-order valence-corrected chi connectivity index (χ1v) is 8.29. The number of halogens is 1. The molecule has 0 spiro atoms. The highest BCUT2D eigenvalue weighted by molar-refractivity contribution is 7.89. The normalized spacial score (nSPS) is 11.4. The largest absolute Gasteiger partial charge is 0.497 e. The average molecular weight is 323 g/mol. The Kier molecular flexibility index (Phi) is 5.15. The van der Waals surface area contributed by atoms with Crippen LogP contribution in [-0.2, 0) is 16.4 Å². The molecular weight excluding hydrogens is 305 g/mol. The van der Waals surface area contributed by atoms with E-state index in [1.54, 1.807) is 14.0 Å². The number of benzene rings is 2. The van der Waals surface area contributed by atoms with Crippen LogP contribution in [0.15, 0.2) is 47.4 Å². The average Bonchev–Trinajstić information content (AvgIpc) is 2.47. The lowest BCUT2D eigenvalue weighted by molar-refractivity contribution is 0.414. The van der Waals surface area contributed by atoms with Gasteiger partial charge in [0.25, 0.3) is 0 Å². The fourth-order valence-electron chi connectivity index (χ4n) is 2.11.